The summed E-state index contributed by atoms with van der Waals surface area (Å²) in [5.74, 6) is 0. The van der Waals surface area contributed by atoms with Gasteiger partial charge in [0.2, 0.25) is 0 Å². The zero-order chi connectivity index (χ0) is 0. The van der Waals surface area contributed by atoms with E-state index in [2.05, 4.69) is 0 Å². The van der Waals surface area contributed by atoms with Crippen LogP contribution in [0.5, 0.6) is 0 Å². The number of hydrogen-bond acceptors (Lipinski definition) is 0. The molecule has 1 radical (unpaired) electrons. The smallest absolute Gasteiger partial charge is 2.00 e. The molecule has 4 nitrogen and oxygen atoms in total. The molecule has 0 saturated carbocycles. The number of rotatable bonds is 0. The molecule has 0 rings (SSSR count). The summed E-state index contributed by atoms with van der Waals surface area (Å²) in [7, 11) is 0. The van der Waals surface area contributed by atoms with Crippen molar-refractivity contribution in [3.8, 4) is 0 Å². The summed E-state index contributed by atoms with van der Waals surface area (Å²) in [6.07, 6.45) is 0. The molecule has 0 aliphatic carbocycles. The van der Waals surface area contributed by atoms with Crippen molar-refractivity contribution >= 4 is 0 Å². The summed E-state index contributed by atoms with van der Waals surface area (Å²) in [4.78, 5) is 0. The maximum Gasteiger partial charge on any atom is 5.00 e. The van der Waals surface area contributed by atoms with Crippen LogP contribution >= 0.6 is 0 Å². The topological polar surface area (TPSA) is 114 Å². The fraction of sp³-hybridized carbons (Fsp3) is 0. The Kier molecular flexibility index (Phi) is 1260. The van der Waals surface area contributed by atoms with Crippen LogP contribution in [0.1, 0.15) is 0 Å². The van der Waals surface area contributed by atoms with Crippen molar-refractivity contribution < 1.29 is 81.6 Å². The normalized spacial score (nSPS) is 0. The second-order valence-corrected chi connectivity index (χ2v) is 0. The van der Waals surface area contributed by atoms with Gasteiger partial charge in [-0.25, -0.2) is 0 Å². The van der Waals surface area contributed by atoms with E-state index in [0.29, 0.717) is 0 Å². The molecular formula is ErNbO4. The minimum atomic E-state index is 0. The third-order valence-electron chi connectivity index (χ3n) is 0. The summed E-state index contributed by atoms with van der Waals surface area (Å²) in [5.41, 5.74) is 0. The summed E-state index contributed by atoms with van der Waals surface area (Å²) in [5, 5.41) is 0. The molecule has 0 amide bonds. The summed E-state index contributed by atoms with van der Waals surface area (Å²) >= 11 is 0. The van der Waals surface area contributed by atoms with Crippen LogP contribution in [-0.4, -0.2) is 0 Å². The maximum atomic E-state index is 0. The van der Waals surface area contributed by atoms with E-state index in [1.807, 2.05) is 0 Å². The van der Waals surface area contributed by atoms with Crippen LogP contribution in [-0.2, 0) is 44.3 Å². The molecule has 0 aromatic heterocycles. The van der Waals surface area contributed by atoms with Crippen LogP contribution in [0.2, 0.25) is 0 Å². The van der Waals surface area contributed by atoms with Gasteiger partial charge in [0.05, 0.1) is 0 Å². The first-order valence-corrected chi connectivity index (χ1v) is 0. The predicted molar refractivity (Wildman–Crippen MR) is 2.75 cm³/mol. The third kappa shape index (κ3) is 40.7. The van der Waals surface area contributed by atoms with Gasteiger partial charge in [0.15, 0.2) is 0 Å². The molecule has 0 aliphatic heterocycles. The zero-order valence-corrected chi connectivity index (χ0v) is 6.42. The van der Waals surface area contributed by atoms with E-state index in [1.54, 1.807) is 0 Å². The first kappa shape index (κ1) is 109. The predicted octanol–water partition coefficient (Wildman–Crippen LogP) is -0.478. The Labute approximate surface area is 80.6 Å². The van der Waals surface area contributed by atoms with Crippen LogP contribution in [0, 0.1) is 37.3 Å². The van der Waals surface area contributed by atoms with Crippen molar-refractivity contribution in [1.82, 2.24) is 0 Å². The van der Waals surface area contributed by atoms with Crippen LogP contribution in [0.15, 0.2) is 0 Å². The van der Waals surface area contributed by atoms with Gasteiger partial charge in [-0.3, -0.25) is 0 Å². The molecule has 0 saturated heterocycles. The minimum Gasteiger partial charge on any atom is -2.00 e. The van der Waals surface area contributed by atoms with E-state index in [9.17, 15) is 0 Å². The van der Waals surface area contributed by atoms with Crippen molar-refractivity contribution in [3.63, 3.8) is 0 Å². The molecule has 0 aromatic carbocycles. The standard InChI is InChI=1S/Er.Nb.4O/q+3;+5;4*-2. The van der Waals surface area contributed by atoms with E-state index < -0.39 is 0 Å². The van der Waals surface area contributed by atoms with Crippen LogP contribution in [0.4, 0.5) is 0 Å². The van der Waals surface area contributed by atoms with E-state index >= 15 is 0 Å². The van der Waals surface area contributed by atoms with E-state index in [1.165, 1.54) is 0 Å². The van der Waals surface area contributed by atoms with Gasteiger partial charge in [-0.15, -0.1) is 0 Å². The quantitative estimate of drug-likeness (QED) is 0.536. The van der Waals surface area contributed by atoms with Gasteiger partial charge in [-0.1, -0.05) is 0 Å². The van der Waals surface area contributed by atoms with Crippen molar-refractivity contribution in [2.24, 2.45) is 0 Å². The summed E-state index contributed by atoms with van der Waals surface area (Å²) in [6, 6.07) is 0. The molecule has 0 fully saturated rings. The van der Waals surface area contributed by atoms with E-state index in [-0.39, 0.29) is 81.6 Å². The molecule has 41 valence electrons. The average Bonchev–Trinajstić information content (AvgIpc) is 0. The van der Waals surface area contributed by atoms with Crippen LogP contribution in [0.25, 0.3) is 0 Å². The second kappa shape index (κ2) is 69.4. The van der Waals surface area contributed by atoms with Gasteiger partial charge >= 0.3 is 59.7 Å². The molecule has 0 atom stereocenters. The molecule has 0 heterocycles. The van der Waals surface area contributed by atoms with E-state index in [4.69, 9.17) is 0 Å². The Bertz CT molecular complexity index is 7.51. The molecular weight excluding hydrogens is 324 g/mol. The third-order valence-corrected chi connectivity index (χ3v) is 0. The average molecular weight is 324 g/mol. The minimum absolute atomic E-state index is 0. The Morgan fingerprint density at radius 2 is 0.500 bits per heavy atom. The Hall–Kier alpha value is 1.83. The van der Waals surface area contributed by atoms with Gasteiger partial charge in [-0.05, 0) is 0 Å². The molecule has 0 unspecified atom stereocenters. The maximum absolute atomic E-state index is 0. The summed E-state index contributed by atoms with van der Waals surface area (Å²) in [6.45, 7) is 0. The van der Waals surface area contributed by atoms with Crippen molar-refractivity contribution in [2.45, 2.75) is 0 Å². The van der Waals surface area contributed by atoms with Gasteiger partial charge in [0.25, 0.3) is 0 Å². The summed E-state index contributed by atoms with van der Waals surface area (Å²) < 4.78 is 0. The van der Waals surface area contributed by atoms with Crippen molar-refractivity contribution in [1.29, 1.82) is 0 Å². The monoisotopic (exact) mass is 323 g/mol. The van der Waals surface area contributed by atoms with Gasteiger partial charge in [0, 0.05) is 0 Å². The molecule has 0 bridgehead atoms. The Balaban J connectivity index is 0. The van der Waals surface area contributed by atoms with Crippen molar-refractivity contribution in [3.05, 3.63) is 0 Å². The van der Waals surface area contributed by atoms with Crippen LogP contribution in [0.3, 0.4) is 0 Å². The van der Waals surface area contributed by atoms with Gasteiger partial charge in [-0.2, -0.15) is 0 Å². The Morgan fingerprint density at radius 3 is 0.500 bits per heavy atom. The fourth-order valence-corrected chi connectivity index (χ4v) is 0. The molecule has 0 spiro atoms. The zero-order valence-electron chi connectivity index (χ0n) is 2.37. The first-order chi connectivity index (χ1) is 0. The Morgan fingerprint density at radius 1 is 0.500 bits per heavy atom. The first-order valence-electron chi connectivity index (χ1n) is 0. The molecule has 6 heavy (non-hydrogen) atoms. The largest absolute Gasteiger partial charge is 5.00 e. The van der Waals surface area contributed by atoms with Crippen LogP contribution < -0.4 is 0 Å². The molecule has 6 heteroatoms. The second-order valence-electron chi connectivity index (χ2n) is 0. The van der Waals surface area contributed by atoms with Crippen molar-refractivity contribution in [2.75, 3.05) is 0 Å². The number of hydrogen-bond donors (Lipinski definition) is 0. The molecule has 0 N–H and O–H groups in total. The van der Waals surface area contributed by atoms with E-state index in [0.717, 1.165) is 0 Å². The SMILES string of the molecule is [Er+3].[Nb+5].[O-2].[O-2].[O-2].[O-2]. The fourth-order valence-electron chi connectivity index (χ4n) is 0. The van der Waals surface area contributed by atoms with Gasteiger partial charge < -0.3 is 21.9 Å². The van der Waals surface area contributed by atoms with Gasteiger partial charge in [0.1, 0.15) is 0 Å². The molecule has 0 aliphatic rings. The molecule has 0 aromatic rings.